The SMILES string of the molecule is CCn1c(SCC(=O)N/N=C\c2ccc(OC)c(OC)c2OC)nnc1-c1ccccc1. The van der Waals surface area contributed by atoms with Crippen LogP contribution in [0.2, 0.25) is 0 Å². The number of nitrogens with zero attached hydrogens (tertiary/aromatic N) is 4. The summed E-state index contributed by atoms with van der Waals surface area (Å²) in [7, 11) is 4.60. The van der Waals surface area contributed by atoms with E-state index in [0.717, 1.165) is 11.4 Å². The first-order valence-electron chi connectivity index (χ1n) is 9.85. The molecule has 0 saturated carbocycles. The predicted molar refractivity (Wildman–Crippen MR) is 124 cm³/mol. The highest BCUT2D eigenvalue weighted by atomic mass is 32.2. The van der Waals surface area contributed by atoms with Gasteiger partial charge in [0.15, 0.2) is 22.5 Å². The van der Waals surface area contributed by atoms with Gasteiger partial charge in [0, 0.05) is 17.7 Å². The molecule has 1 amide bonds. The molecule has 1 N–H and O–H groups in total. The number of benzene rings is 2. The summed E-state index contributed by atoms with van der Waals surface area (Å²) in [5.74, 6) is 2.11. The Hall–Kier alpha value is -3.53. The molecule has 32 heavy (non-hydrogen) atoms. The number of hydrazone groups is 1. The lowest BCUT2D eigenvalue weighted by molar-refractivity contribution is -0.118. The average molecular weight is 456 g/mol. The Kier molecular flexibility index (Phi) is 8.09. The number of carbonyl (C=O) groups is 1. The molecule has 3 rings (SSSR count). The van der Waals surface area contributed by atoms with Gasteiger partial charge in [0.1, 0.15) is 0 Å². The zero-order valence-corrected chi connectivity index (χ0v) is 19.2. The van der Waals surface area contributed by atoms with Gasteiger partial charge < -0.3 is 18.8 Å². The second-order valence-electron chi connectivity index (χ2n) is 6.42. The van der Waals surface area contributed by atoms with Gasteiger partial charge >= 0.3 is 0 Å². The highest BCUT2D eigenvalue weighted by molar-refractivity contribution is 7.99. The molecular weight excluding hydrogens is 430 g/mol. The van der Waals surface area contributed by atoms with Crippen LogP contribution < -0.4 is 19.6 Å². The number of aromatic nitrogens is 3. The third kappa shape index (κ3) is 5.20. The molecule has 1 aromatic heterocycles. The molecule has 0 atom stereocenters. The quantitative estimate of drug-likeness (QED) is 0.285. The van der Waals surface area contributed by atoms with Crippen molar-refractivity contribution in [1.29, 1.82) is 0 Å². The minimum absolute atomic E-state index is 0.146. The van der Waals surface area contributed by atoms with Crippen molar-refractivity contribution in [3.8, 4) is 28.6 Å². The molecule has 0 aliphatic rings. The van der Waals surface area contributed by atoms with Gasteiger partial charge in [-0.25, -0.2) is 5.43 Å². The second kappa shape index (κ2) is 11.2. The summed E-state index contributed by atoms with van der Waals surface area (Å²) in [5, 5.41) is 13.2. The van der Waals surface area contributed by atoms with Crippen LogP contribution >= 0.6 is 11.8 Å². The number of amides is 1. The zero-order chi connectivity index (χ0) is 22.9. The van der Waals surface area contributed by atoms with Gasteiger partial charge in [0.25, 0.3) is 5.91 Å². The minimum Gasteiger partial charge on any atom is -0.493 e. The van der Waals surface area contributed by atoms with E-state index in [2.05, 4.69) is 20.7 Å². The standard InChI is InChI=1S/C22H25N5O4S/c1-5-27-21(15-9-7-6-8-10-15)25-26-22(27)32-14-18(28)24-23-13-16-11-12-17(29-2)20(31-4)19(16)30-3/h6-13H,5,14H2,1-4H3,(H,24,28)/b23-13-. The first kappa shape index (κ1) is 23.1. The van der Waals surface area contributed by atoms with Crippen molar-refractivity contribution < 1.29 is 19.0 Å². The fourth-order valence-corrected chi connectivity index (χ4v) is 3.84. The van der Waals surface area contributed by atoms with Crippen LogP contribution in [0.4, 0.5) is 0 Å². The molecule has 0 bridgehead atoms. The first-order valence-corrected chi connectivity index (χ1v) is 10.8. The molecule has 0 unspecified atom stereocenters. The topological polar surface area (TPSA) is 99.9 Å². The van der Waals surface area contributed by atoms with E-state index in [0.29, 0.717) is 34.5 Å². The van der Waals surface area contributed by atoms with Gasteiger partial charge in [-0.3, -0.25) is 4.79 Å². The van der Waals surface area contributed by atoms with Gasteiger partial charge in [-0.05, 0) is 19.1 Å². The molecular formula is C22H25N5O4S. The number of ether oxygens (including phenoxy) is 3. The Morgan fingerprint density at radius 1 is 1.06 bits per heavy atom. The third-order valence-corrected chi connectivity index (χ3v) is 5.49. The Bertz CT molecular complexity index is 1090. The van der Waals surface area contributed by atoms with Crippen LogP contribution in [0.25, 0.3) is 11.4 Å². The second-order valence-corrected chi connectivity index (χ2v) is 7.36. The number of hydrogen-bond acceptors (Lipinski definition) is 8. The van der Waals surface area contributed by atoms with Gasteiger partial charge in [-0.1, -0.05) is 42.1 Å². The Labute approximate surface area is 190 Å². The van der Waals surface area contributed by atoms with Crippen molar-refractivity contribution in [1.82, 2.24) is 20.2 Å². The van der Waals surface area contributed by atoms with Crippen molar-refractivity contribution in [2.75, 3.05) is 27.1 Å². The van der Waals surface area contributed by atoms with Crippen LogP contribution in [0.5, 0.6) is 17.2 Å². The van der Waals surface area contributed by atoms with Gasteiger partial charge in [-0.2, -0.15) is 5.10 Å². The molecule has 0 fully saturated rings. The van der Waals surface area contributed by atoms with Crippen LogP contribution in [0, 0.1) is 0 Å². The highest BCUT2D eigenvalue weighted by Crippen LogP contribution is 2.38. The molecule has 0 saturated heterocycles. The molecule has 168 valence electrons. The van der Waals surface area contributed by atoms with E-state index in [9.17, 15) is 4.79 Å². The maximum Gasteiger partial charge on any atom is 0.250 e. The van der Waals surface area contributed by atoms with Crippen molar-refractivity contribution >= 4 is 23.9 Å². The normalized spacial score (nSPS) is 10.9. The largest absolute Gasteiger partial charge is 0.493 e. The lowest BCUT2D eigenvalue weighted by atomic mass is 10.2. The summed E-state index contributed by atoms with van der Waals surface area (Å²) in [5.41, 5.74) is 4.13. The maximum atomic E-state index is 12.3. The predicted octanol–water partition coefficient (Wildman–Crippen LogP) is 3.23. The molecule has 9 nitrogen and oxygen atoms in total. The molecule has 0 radical (unpaired) electrons. The van der Waals surface area contributed by atoms with Crippen LogP contribution in [0.15, 0.2) is 52.7 Å². The number of methoxy groups -OCH3 is 3. The zero-order valence-electron chi connectivity index (χ0n) is 18.4. The molecule has 2 aromatic carbocycles. The fraction of sp³-hybridized carbons (Fsp3) is 0.273. The van der Waals surface area contributed by atoms with E-state index >= 15 is 0 Å². The molecule has 0 spiro atoms. The Morgan fingerprint density at radius 2 is 1.81 bits per heavy atom. The van der Waals surface area contributed by atoms with Crippen molar-refractivity contribution in [3.05, 3.63) is 48.0 Å². The number of carbonyl (C=O) groups excluding carboxylic acids is 1. The van der Waals surface area contributed by atoms with Crippen LogP contribution in [-0.4, -0.2) is 54.0 Å². The Morgan fingerprint density at radius 3 is 2.47 bits per heavy atom. The minimum atomic E-state index is -0.266. The summed E-state index contributed by atoms with van der Waals surface area (Å²) in [4.78, 5) is 12.3. The highest BCUT2D eigenvalue weighted by Gasteiger charge is 2.16. The summed E-state index contributed by atoms with van der Waals surface area (Å²) >= 11 is 1.30. The monoisotopic (exact) mass is 455 g/mol. The van der Waals surface area contributed by atoms with E-state index in [1.54, 1.807) is 19.2 Å². The molecule has 10 heteroatoms. The van der Waals surface area contributed by atoms with Crippen molar-refractivity contribution in [3.63, 3.8) is 0 Å². The fourth-order valence-electron chi connectivity index (χ4n) is 3.04. The first-order chi connectivity index (χ1) is 15.6. The van der Waals surface area contributed by atoms with Gasteiger partial charge in [0.2, 0.25) is 5.75 Å². The van der Waals surface area contributed by atoms with E-state index in [-0.39, 0.29) is 11.7 Å². The van der Waals surface area contributed by atoms with Gasteiger partial charge in [0.05, 0.1) is 33.3 Å². The van der Waals surface area contributed by atoms with E-state index < -0.39 is 0 Å². The Balaban J connectivity index is 1.63. The van der Waals surface area contributed by atoms with Crippen molar-refractivity contribution in [2.45, 2.75) is 18.6 Å². The summed E-state index contributed by atoms with van der Waals surface area (Å²) in [6, 6.07) is 13.3. The average Bonchev–Trinajstić information content (AvgIpc) is 3.25. The van der Waals surface area contributed by atoms with Gasteiger partial charge in [-0.15, -0.1) is 10.2 Å². The summed E-state index contributed by atoms with van der Waals surface area (Å²) in [6.45, 7) is 2.71. The van der Waals surface area contributed by atoms with Crippen LogP contribution in [0.1, 0.15) is 12.5 Å². The van der Waals surface area contributed by atoms with Crippen molar-refractivity contribution in [2.24, 2.45) is 5.10 Å². The maximum absolute atomic E-state index is 12.3. The molecule has 0 aliphatic carbocycles. The molecule has 3 aromatic rings. The number of thioether (sulfide) groups is 1. The smallest absolute Gasteiger partial charge is 0.250 e. The number of nitrogens with one attached hydrogen (secondary N) is 1. The van der Waals surface area contributed by atoms with E-state index in [1.807, 2.05) is 41.8 Å². The van der Waals surface area contributed by atoms with E-state index in [1.165, 1.54) is 32.2 Å². The van der Waals surface area contributed by atoms with Crippen LogP contribution in [-0.2, 0) is 11.3 Å². The summed E-state index contributed by atoms with van der Waals surface area (Å²) < 4.78 is 18.0. The van der Waals surface area contributed by atoms with Crippen LogP contribution in [0.3, 0.4) is 0 Å². The number of rotatable bonds is 10. The summed E-state index contributed by atoms with van der Waals surface area (Å²) in [6.07, 6.45) is 1.49. The third-order valence-electron chi connectivity index (χ3n) is 4.52. The number of hydrogen-bond donors (Lipinski definition) is 1. The lowest BCUT2D eigenvalue weighted by Crippen LogP contribution is -2.20. The molecule has 0 aliphatic heterocycles. The molecule has 1 heterocycles. The van der Waals surface area contributed by atoms with E-state index in [4.69, 9.17) is 14.2 Å². The lowest BCUT2D eigenvalue weighted by Gasteiger charge is -2.13.